The number of para-hydroxylation sites is 1. The maximum absolute atomic E-state index is 3.60. The molecule has 1 N–H and O–H groups in total. The normalized spacial score (nSPS) is 21.0. The Bertz CT molecular complexity index is 597. The second kappa shape index (κ2) is 5.93. The monoisotopic (exact) mass is 279 g/mol. The van der Waals surface area contributed by atoms with E-state index in [9.17, 15) is 0 Å². The first kappa shape index (κ1) is 14.2. The highest BCUT2D eigenvalue weighted by molar-refractivity contribution is 5.55. The Balaban J connectivity index is 1.81. The van der Waals surface area contributed by atoms with Crippen molar-refractivity contribution in [2.45, 2.75) is 51.5 Å². The van der Waals surface area contributed by atoms with Crippen LogP contribution in [-0.4, -0.2) is 6.04 Å². The highest BCUT2D eigenvalue weighted by atomic mass is 14.9. The van der Waals surface area contributed by atoms with E-state index in [-0.39, 0.29) is 0 Å². The van der Waals surface area contributed by atoms with Gasteiger partial charge >= 0.3 is 0 Å². The summed E-state index contributed by atoms with van der Waals surface area (Å²) in [6.45, 7) is 6.78. The molecule has 1 nitrogen and oxygen atoms in total. The number of hydrogen-bond acceptors (Lipinski definition) is 1. The molecule has 2 atom stereocenters. The Hall–Kier alpha value is -1.76. The number of hydrogen-bond donors (Lipinski definition) is 1. The molecule has 0 aromatic heterocycles. The lowest BCUT2D eigenvalue weighted by molar-refractivity contribution is 0.551. The van der Waals surface area contributed by atoms with Crippen molar-refractivity contribution in [2.75, 3.05) is 5.32 Å². The van der Waals surface area contributed by atoms with Crippen molar-refractivity contribution in [3.8, 4) is 0 Å². The van der Waals surface area contributed by atoms with Gasteiger partial charge in [0, 0.05) is 11.7 Å². The molecule has 3 rings (SSSR count). The second-order valence-electron chi connectivity index (χ2n) is 6.67. The molecule has 0 bridgehead atoms. The Morgan fingerprint density at radius 1 is 1.05 bits per heavy atom. The largest absolute Gasteiger partial charge is 0.382 e. The highest BCUT2D eigenvalue weighted by Gasteiger charge is 2.23. The Labute approximate surface area is 128 Å². The fraction of sp³-hybridized carbons (Fsp3) is 0.400. The van der Waals surface area contributed by atoms with Gasteiger partial charge in [-0.1, -0.05) is 56.3 Å². The minimum Gasteiger partial charge on any atom is -0.382 e. The number of anilines is 1. The van der Waals surface area contributed by atoms with Crippen LogP contribution in [-0.2, 0) is 6.42 Å². The van der Waals surface area contributed by atoms with Crippen LogP contribution in [0.25, 0.3) is 0 Å². The zero-order chi connectivity index (χ0) is 14.8. The van der Waals surface area contributed by atoms with E-state index >= 15 is 0 Å². The summed E-state index contributed by atoms with van der Waals surface area (Å²) in [6, 6.07) is 18.5. The summed E-state index contributed by atoms with van der Waals surface area (Å²) in [5.74, 6) is 1.24. The van der Waals surface area contributed by atoms with Gasteiger partial charge in [-0.25, -0.2) is 0 Å². The van der Waals surface area contributed by atoms with Crippen molar-refractivity contribution in [1.29, 1.82) is 0 Å². The number of rotatable bonds is 3. The molecule has 0 aliphatic carbocycles. The van der Waals surface area contributed by atoms with E-state index in [1.807, 2.05) is 0 Å². The van der Waals surface area contributed by atoms with Gasteiger partial charge in [-0.2, -0.15) is 0 Å². The predicted octanol–water partition coefficient (Wildman–Crippen LogP) is 5.34. The highest BCUT2D eigenvalue weighted by Crippen LogP contribution is 2.36. The van der Waals surface area contributed by atoms with E-state index in [0.717, 1.165) is 6.42 Å². The van der Waals surface area contributed by atoms with Crippen molar-refractivity contribution >= 4 is 5.69 Å². The smallest absolute Gasteiger partial charge is 0.0377 e. The Kier molecular flexibility index (Phi) is 4.01. The molecule has 110 valence electrons. The molecule has 2 aromatic carbocycles. The number of nitrogens with one attached hydrogen (secondary N) is 1. The van der Waals surface area contributed by atoms with Crippen LogP contribution in [0.4, 0.5) is 5.69 Å². The molecule has 21 heavy (non-hydrogen) atoms. The van der Waals surface area contributed by atoms with Crippen LogP contribution in [0.1, 0.15) is 55.7 Å². The van der Waals surface area contributed by atoms with Gasteiger partial charge in [-0.3, -0.25) is 0 Å². The lowest BCUT2D eigenvalue weighted by atomic mass is 9.83. The van der Waals surface area contributed by atoms with Gasteiger partial charge in [0.2, 0.25) is 0 Å². The first-order chi connectivity index (χ1) is 10.1. The molecule has 1 aliphatic heterocycles. The van der Waals surface area contributed by atoms with E-state index < -0.39 is 0 Å². The lowest BCUT2D eigenvalue weighted by Crippen LogP contribution is -2.26. The van der Waals surface area contributed by atoms with Gasteiger partial charge in [0.05, 0.1) is 0 Å². The van der Waals surface area contributed by atoms with Crippen LogP contribution in [0.2, 0.25) is 0 Å². The van der Waals surface area contributed by atoms with Crippen LogP contribution in [0.5, 0.6) is 0 Å². The van der Waals surface area contributed by atoms with Crippen molar-refractivity contribution in [1.82, 2.24) is 0 Å². The fourth-order valence-electron chi connectivity index (χ4n) is 3.38. The minimum absolute atomic E-state index is 0.555. The quantitative estimate of drug-likeness (QED) is 0.799. The lowest BCUT2D eigenvalue weighted by Gasteiger charge is -2.31. The first-order valence-corrected chi connectivity index (χ1v) is 8.08. The molecule has 2 aromatic rings. The number of fused-ring (bicyclic) bond motifs is 1. The SMILES string of the molecule is CC1CC(Cc2ccc(C(C)C)cc2)c2ccccc2N1. The topological polar surface area (TPSA) is 12.0 Å². The molecule has 0 spiro atoms. The Morgan fingerprint density at radius 2 is 1.76 bits per heavy atom. The summed E-state index contributed by atoms with van der Waals surface area (Å²) in [5, 5.41) is 3.60. The van der Waals surface area contributed by atoms with Crippen molar-refractivity contribution in [2.24, 2.45) is 0 Å². The average molecular weight is 279 g/mol. The molecule has 2 unspecified atom stereocenters. The van der Waals surface area contributed by atoms with Crippen LogP contribution in [0.15, 0.2) is 48.5 Å². The number of benzene rings is 2. The van der Waals surface area contributed by atoms with Crippen LogP contribution >= 0.6 is 0 Å². The van der Waals surface area contributed by atoms with E-state index in [1.54, 1.807) is 0 Å². The third kappa shape index (κ3) is 3.12. The third-order valence-corrected chi connectivity index (χ3v) is 4.57. The molecule has 0 saturated carbocycles. The van der Waals surface area contributed by atoms with Crippen LogP contribution < -0.4 is 5.32 Å². The van der Waals surface area contributed by atoms with Crippen LogP contribution in [0, 0.1) is 0 Å². The summed E-state index contributed by atoms with van der Waals surface area (Å²) in [7, 11) is 0. The zero-order valence-corrected chi connectivity index (χ0v) is 13.3. The standard InChI is InChI=1S/C20H25N/c1-14(2)17-10-8-16(9-11-17)13-18-12-15(3)21-20-7-5-4-6-19(18)20/h4-11,14-15,18,21H,12-13H2,1-3H3. The van der Waals surface area contributed by atoms with Crippen LogP contribution in [0.3, 0.4) is 0 Å². The first-order valence-electron chi connectivity index (χ1n) is 8.08. The fourth-order valence-corrected chi connectivity index (χ4v) is 3.38. The maximum Gasteiger partial charge on any atom is 0.0377 e. The molecule has 1 heterocycles. The molecular formula is C20H25N. The second-order valence-corrected chi connectivity index (χ2v) is 6.67. The molecular weight excluding hydrogens is 254 g/mol. The summed E-state index contributed by atoms with van der Waals surface area (Å²) >= 11 is 0. The molecule has 0 radical (unpaired) electrons. The van der Waals surface area contributed by atoms with E-state index in [2.05, 4.69) is 74.6 Å². The van der Waals surface area contributed by atoms with E-state index in [1.165, 1.54) is 28.8 Å². The molecule has 0 amide bonds. The summed E-state index contributed by atoms with van der Waals surface area (Å²) in [4.78, 5) is 0. The molecule has 0 saturated heterocycles. The van der Waals surface area contributed by atoms with Gasteiger partial charge < -0.3 is 5.32 Å². The van der Waals surface area contributed by atoms with Crippen molar-refractivity contribution in [3.05, 3.63) is 65.2 Å². The van der Waals surface area contributed by atoms with Crippen molar-refractivity contribution in [3.63, 3.8) is 0 Å². The van der Waals surface area contributed by atoms with Gasteiger partial charge in [0.15, 0.2) is 0 Å². The van der Waals surface area contributed by atoms with Crippen molar-refractivity contribution < 1.29 is 0 Å². The molecule has 0 fully saturated rings. The maximum atomic E-state index is 3.60. The van der Waals surface area contributed by atoms with Gasteiger partial charge in [-0.05, 0) is 54.4 Å². The predicted molar refractivity (Wildman–Crippen MR) is 91.1 cm³/mol. The zero-order valence-electron chi connectivity index (χ0n) is 13.3. The summed E-state index contributed by atoms with van der Waals surface area (Å²) < 4.78 is 0. The Morgan fingerprint density at radius 3 is 2.48 bits per heavy atom. The third-order valence-electron chi connectivity index (χ3n) is 4.57. The summed E-state index contributed by atoms with van der Waals surface area (Å²) in [5.41, 5.74) is 5.68. The molecule has 1 aliphatic rings. The minimum atomic E-state index is 0.555. The van der Waals surface area contributed by atoms with Gasteiger partial charge in [0.25, 0.3) is 0 Å². The average Bonchev–Trinajstić information content (AvgIpc) is 2.47. The molecule has 1 heteroatoms. The van der Waals surface area contributed by atoms with Gasteiger partial charge in [0.1, 0.15) is 0 Å². The van der Waals surface area contributed by atoms with Gasteiger partial charge in [-0.15, -0.1) is 0 Å². The summed E-state index contributed by atoms with van der Waals surface area (Å²) in [6.07, 6.45) is 2.35. The van der Waals surface area contributed by atoms with E-state index in [4.69, 9.17) is 0 Å². The van der Waals surface area contributed by atoms with E-state index in [0.29, 0.717) is 17.9 Å².